The number of rotatable bonds is 5. The van der Waals surface area contributed by atoms with Gasteiger partial charge in [0.05, 0.1) is 17.2 Å². The van der Waals surface area contributed by atoms with Crippen LogP contribution in [0.1, 0.15) is 61.6 Å². The van der Waals surface area contributed by atoms with Crippen molar-refractivity contribution in [2.75, 3.05) is 19.7 Å². The minimum Gasteiger partial charge on any atom is -0.368 e. The number of carbonyl (C=O) groups excluding carboxylic acids is 2. The molecule has 6 nitrogen and oxygen atoms in total. The number of nitrogens with zero attached hydrogens (tertiary/aromatic N) is 2. The maximum Gasteiger partial charge on any atom is 0.251 e. The van der Waals surface area contributed by atoms with E-state index in [0.717, 1.165) is 62.3 Å². The topological polar surface area (TPSA) is 71.5 Å². The molecule has 0 radical (unpaired) electrons. The molecule has 3 fully saturated rings. The molecule has 2 aliphatic heterocycles. The van der Waals surface area contributed by atoms with Crippen LogP contribution < -0.4 is 5.32 Å². The summed E-state index contributed by atoms with van der Waals surface area (Å²) in [6.45, 7) is 2.82. The van der Waals surface area contributed by atoms with Crippen LogP contribution in [0.3, 0.4) is 0 Å². The van der Waals surface area contributed by atoms with Crippen molar-refractivity contribution in [3.05, 3.63) is 16.1 Å². The highest BCUT2D eigenvalue weighted by atomic mass is 32.1. The molecule has 0 spiro atoms. The summed E-state index contributed by atoms with van der Waals surface area (Å²) >= 11 is 1.68. The summed E-state index contributed by atoms with van der Waals surface area (Å²) in [4.78, 5) is 31.1. The van der Waals surface area contributed by atoms with Crippen LogP contribution in [0.5, 0.6) is 0 Å². The Labute approximate surface area is 158 Å². The normalized spacial score (nSPS) is 24.5. The Balaban J connectivity index is 1.24. The fourth-order valence-electron chi connectivity index (χ4n) is 3.91. The van der Waals surface area contributed by atoms with Crippen molar-refractivity contribution in [3.8, 4) is 0 Å². The Morgan fingerprint density at radius 2 is 2.00 bits per heavy atom. The van der Waals surface area contributed by atoms with Crippen LogP contribution in [0.2, 0.25) is 0 Å². The van der Waals surface area contributed by atoms with Gasteiger partial charge in [0.25, 0.3) is 5.91 Å². The summed E-state index contributed by atoms with van der Waals surface area (Å²) in [5.74, 6) is 0.981. The van der Waals surface area contributed by atoms with Crippen LogP contribution in [0, 0.1) is 5.92 Å². The van der Waals surface area contributed by atoms with Gasteiger partial charge in [-0.1, -0.05) is 6.42 Å². The van der Waals surface area contributed by atoms with Crippen LogP contribution in [0.15, 0.2) is 5.38 Å². The van der Waals surface area contributed by atoms with Gasteiger partial charge in [-0.05, 0) is 38.5 Å². The van der Waals surface area contributed by atoms with Gasteiger partial charge in [0.15, 0.2) is 0 Å². The highest BCUT2D eigenvalue weighted by Crippen LogP contribution is 2.31. The van der Waals surface area contributed by atoms with Crippen LogP contribution in [0.25, 0.3) is 0 Å². The number of ether oxygens (including phenoxy) is 1. The third-order valence-corrected chi connectivity index (χ3v) is 6.91. The van der Waals surface area contributed by atoms with Gasteiger partial charge in [-0.25, -0.2) is 4.98 Å². The van der Waals surface area contributed by atoms with Crippen molar-refractivity contribution >= 4 is 23.2 Å². The largest absolute Gasteiger partial charge is 0.368 e. The summed E-state index contributed by atoms with van der Waals surface area (Å²) in [5, 5.41) is 6.21. The molecule has 1 aromatic rings. The molecule has 1 atom stereocenters. The van der Waals surface area contributed by atoms with E-state index >= 15 is 0 Å². The second kappa shape index (κ2) is 8.05. The first-order valence-electron chi connectivity index (χ1n) is 9.83. The number of nitrogens with one attached hydrogen (secondary N) is 1. The number of likely N-dealkylation sites (tertiary alicyclic amines) is 1. The fraction of sp³-hybridized carbons (Fsp3) is 0.737. The first-order valence-corrected chi connectivity index (χ1v) is 10.7. The van der Waals surface area contributed by atoms with Gasteiger partial charge in [0.2, 0.25) is 5.91 Å². The molecule has 0 aromatic carbocycles. The standard InChI is InChI=1S/C19H27N3O3S/c23-17(13-3-1-4-13)20-11-15-12-26-18(21-15)14-6-8-22(9-7-14)19(24)16-5-2-10-25-16/h12-14,16H,1-11H2,(H,20,23)/t16-/m0/s1. The third-order valence-electron chi connectivity index (χ3n) is 5.85. The zero-order valence-electron chi connectivity index (χ0n) is 15.1. The lowest BCUT2D eigenvalue weighted by atomic mass is 9.85. The minimum atomic E-state index is -0.211. The Hall–Kier alpha value is -1.47. The number of piperidine rings is 1. The smallest absolute Gasteiger partial charge is 0.251 e. The van der Waals surface area contributed by atoms with Gasteiger partial charge in [0, 0.05) is 36.9 Å². The van der Waals surface area contributed by atoms with Crippen molar-refractivity contribution < 1.29 is 14.3 Å². The zero-order chi connectivity index (χ0) is 17.9. The molecule has 1 N–H and O–H groups in total. The first-order chi connectivity index (χ1) is 12.7. The number of hydrogen-bond acceptors (Lipinski definition) is 5. The number of aromatic nitrogens is 1. The van der Waals surface area contributed by atoms with Crippen LogP contribution >= 0.6 is 11.3 Å². The van der Waals surface area contributed by atoms with E-state index in [1.54, 1.807) is 11.3 Å². The van der Waals surface area contributed by atoms with E-state index in [1.165, 1.54) is 6.42 Å². The predicted octanol–water partition coefficient (Wildman–Crippen LogP) is 2.44. The highest BCUT2D eigenvalue weighted by Gasteiger charge is 2.32. The maximum atomic E-state index is 12.4. The van der Waals surface area contributed by atoms with Gasteiger partial charge in [-0.2, -0.15) is 0 Å². The SMILES string of the molecule is O=C(NCc1csc(C2CCN(C(=O)[C@@H]3CCCO3)CC2)n1)C1CCC1. The average Bonchev–Trinajstić information content (AvgIpc) is 3.30. The van der Waals surface area contributed by atoms with Crippen molar-refractivity contribution in [2.45, 2.75) is 63.5 Å². The molecule has 2 saturated heterocycles. The lowest BCUT2D eigenvalue weighted by molar-refractivity contribution is -0.142. The lowest BCUT2D eigenvalue weighted by Crippen LogP contribution is -2.43. The van der Waals surface area contributed by atoms with E-state index in [4.69, 9.17) is 9.72 Å². The highest BCUT2D eigenvalue weighted by molar-refractivity contribution is 7.09. The summed E-state index contributed by atoms with van der Waals surface area (Å²) in [7, 11) is 0. The molecule has 0 unspecified atom stereocenters. The number of carbonyl (C=O) groups is 2. The molecule has 7 heteroatoms. The molecule has 4 rings (SSSR count). The third kappa shape index (κ3) is 3.93. The average molecular weight is 378 g/mol. The molecule has 1 aromatic heterocycles. The number of hydrogen-bond donors (Lipinski definition) is 1. The quantitative estimate of drug-likeness (QED) is 0.856. The van der Waals surface area contributed by atoms with Crippen LogP contribution in [0.4, 0.5) is 0 Å². The zero-order valence-corrected chi connectivity index (χ0v) is 15.9. The maximum absolute atomic E-state index is 12.4. The molecular weight excluding hydrogens is 350 g/mol. The summed E-state index contributed by atoms with van der Waals surface area (Å²) < 4.78 is 5.52. The predicted molar refractivity (Wildman–Crippen MR) is 98.8 cm³/mol. The van der Waals surface area contributed by atoms with E-state index in [9.17, 15) is 9.59 Å². The van der Waals surface area contributed by atoms with Crippen molar-refractivity contribution in [1.82, 2.24) is 15.2 Å². The van der Waals surface area contributed by atoms with Crippen molar-refractivity contribution in [1.29, 1.82) is 0 Å². The summed E-state index contributed by atoms with van der Waals surface area (Å²) in [6.07, 6.45) is 6.78. The van der Waals surface area contributed by atoms with E-state index < -0.39 is 0 Å². The lowest BCUT2D eigenvalue weighted by Gasteiger charge is -2.32. The summed E-state index contributed by atoms with van der Waals surface area (Å²) in [6, 6.07) is 0. The minimum absolute atomic E-state index is 0.166. The van der Waals surface area contributed by atoms with Crippen LogP contribution in [-0.4, -0.2) is 47.5 Å². The number of amides is 2. The van der Waals surface area contributed by atoms with Gasteiger partial charge in [-0.15, -0.1) is 11.3 Å². The van der Waals surface area contributed by atoms with Gasteiger partial charge in [-0.3, -0.25) is 9.59 Å². The molecule has 3 aliphatic rings. The first kappa shape index (κ1) is 17.9. The monoisotopic (exact) mass is 377 g/mol. The molecule has 26 heavy (non-hydrogen) atoms. The second-order valence-corrected chi connectivity index (χ2v) is 8.51. The van der Waals surface area contributed by atoms with E-state index in [0.29, 0.717) is 19.1 Å². The van der Waals surface area contributed by atoms with Crippen molar-refractivity contribution in [3.63, 3.8) is 0 Å². The molecule has 3 heterocycles. The fourth-order valence-corrected chi connectivity index (χ4v) is 4.90. The van der Waals surface area contributed by atoms with E-state index in [1.807, 2.05) is 4.90 Å². The van der Waals surface area contributed by atoms with Gasteiger partial charge in [0.1, 0.15) is 6.10 Å². The molecule has 0 bridgehead atoms. The Kier molecular flexibility index (Phi) is 5.55. The molecule has 142 valence electrons. The van der Waals surface area contributed by atoms with Crippen LogP contribution in [-0.2, 0) is 20.9 Å². The number of thiazole rings is 1. The van der Waals surface area contributed by atoms with Gasteiger partial charge < -0.3 is 15.0 Å². The Bertz CT molecular complexity index is 644. The molecular formula is C19H27N3O3S. The van der Waals surface area contributed by atoms with E-state index in [-0.39, 0.29) is 23.8 Å². The molecule has 2 amide bonds. The molecule has 1 saturated carbocycles. The molecule has 1 aliphatic carbocycles. The Morgan fingerprint density at radius 1 is 1.19 bits per heavy atom. The van der Waals surface area contributed by atoms with Gasteiger partial charge >= 0.3 is 0 Å². The summed E-state index contributed by atoms with van der Waals surface area (Å²) in [5.41, 5.74) is 0.954. The second-order valence-electron chi connectivity index (χ2n) is 7.62. The van der Waals surface area contributed by atoms with E-state index in [2.05, 4.69) is 10.7 Å². The van der Waals surface area contributed by atoms with Crippen molar-refractivity contribution in [2.24, 2.45) is 5.92 Å². The Morgan fingerprint density at radius 3 is 2.65 bits per heavy atom.